The molecular formula is C28H31N5O2. The van der Waals surface area contributed by atoms with Gasteiger partial charge in [0, 0.05) is 29.2 Å². The average Bonchev–Trinajstić information content (AvgIpc) is 3.43. The Morgan fingerprint density at radius 3 is 2.60 bits per heavy atom. The molecule has 5 rings (SSSR count). The second-order valence-corrected chi connectivity index (χ2v) is 9.45. The first-order valence-electron chi connectivity index (χ1n) is 12.3. The SMILES string of the molecule is CC(C)NC(C)Nc1ccc(-c2c(C#N)c3ccc(OCc4ncco4)cc3n2C2CCC2)cc1. The van der Waals surface area contributed by atoms with Crippen LogP contribution in [0, 0.1) is 11.3 Å². The second-order valence-electron chi connectivity index (χ2n) is 9.45. The Kier molecular flexibility index (Phi) is 6.47. The largest absolute Gasteiger partial charge is 0.484 e. The summed E-state index contributed by atoms with van der Waals surface area (Å²) < 4.78 is 13.6. The number of aromatic nitrogens is 2. The number of fused-ring (bicyclic) bond motifs is 1. The minimum absolute atomic E-state index is 0.159. The Morgan fingerprint density at radius 2 is 1.97 bits per heavy atom. The highest BCUT2D eigenvalue weighted by Crippen LogP contribution is 2.43. The van der Waals surface area contributed by atoms with Gasteiger partial charge in [-0.2, -0.15) is 5.26 Å². The van der Waals surface area contributed by atoms with E-state index in [2.05, 4.69) is 71.3 Å². The zero-order valence-electron chi connectivity index (χ0n) is 20.4. The third-order valence-corrected chi connectivity index (χ3v) is 6.50. The number of anilines is 1. The standard InChI is InChI=1S/C28H31N5O2/c1-18(2)31-19(3)32-21-9-7-20(8-10-21)28-25(16-29)24-12-11-23(35-17-27-30-13-14-34-27)15-26(24)33(28)22-5-4-6-22/h7-15,18-19,22,31-32H,4-6,17H2,1-3H3. The van der Waals surface area contributed by atoms with Crippen molar-refractivity contribution in [2.45, 2.75) is 64.9 Å². The normalized spacial score (nSPS) is 14.6. The van der Waals surface area contributed by atoms with Crippen LogP contribution in [0.4, 0.5) is 5.69 Å². The highest BCUT2D eigenvalue weighted by molar-refractivity contribution is 5.95. The summed E-state index contributed by atoms with van der Waals surface area (Å²) in [7, 11) is 0. The van der Waals surface area contributed by atoms with E-state index in [0.29, 0.717) is 23.5 Å². The van der Waals surface area contributed by atoms with E-state index in [-0.39, 0.29) is 12.8 Å². The van der Waals surface area contributed by atoms with E-state index < -0.39 is 0 Å². The van der Waals surface area contributed by atoms with Crippen molar-refractivity contribution in [3.63, 3.8) is 0 Å². The third-order valence-electron chi connectivity index (χ3n) is 6.50. The molecule has 2 aromatic heterocycles. The molecule has 0 radical (unpaired) electrons. The second kappa shape index (κ2) is 9.85. The van der Waals surface area contributed by atoms with Gasteiger partial charge in [-0.1, -0.05) is 12.1 Å². The molecular weight excluding hydrogens is 438 g/mol. The van der Waals surface area contributed by atoms with Gasteiger partial charge in [-0.15, -0.1) is 0 Å². The van der Waals surface area contributed by atoms with E-state index in [1.807, 2.05) is 18.2 Å². The molecule has 0 amide bonds. The molecule has 1 aliphatic carbocycles. The van der Waals surface area contributed by atoms with E-state index in [9.17, 15) is 5.26 Å². The van der Waals surface area contributed by atoms with E-state index in [4.69, 9.17) is 9.15 Å². The van der Waals surface area contributed by atoms with Gasteiger partial charge in [0.2, 0.25) is 5.89 Å². The minimum Gasteiger partial charge on any atom is -0.484 e. The minimum atomic E-state index is 0.159. The number of nitriles is 1. The predicted octanol–water partition coefficient (Wildman–Crippen LogP) is 6.23. The Labute approximate surface area is 205 Å². The zero-order chi connectivity index (χ0) is 24.4. The molecule has 2 N–H and O–H groups in total. The summed E-state index contributed by atoms with van der Waals surface area (Å²) in [6.45, 7) is 6.64. The van der Waals surface area contributed by atoms with Gasteiger partial charge in [-0.05, 0) is 69.9 Å². The van der Waals surface area contributed by atoms with Crippen molar-refractivity contribution < 1.29 is 9.15 Å². The maximum atomic E-state index is 10.2. The van der Waals surface area contributed by atoms with Gasteiger partial charge in [0.25, 0.3) is 0 Å². The van der Waals surface area contributed by atoms with Gasteiger partial charge in [0.1, 0.15) is 18.1 Å². The van der Waals surface area contributed by atoms with Crippen molar-refractivity contribution in [1.29, 1.82) is 5.26 Å². The topological polar surface area (TPSA) is 88.0 Å². The molecule has 1 saturated carbocycles. The first-order chi connectivity index (χ1) is 17.0. The fourth-order valence-corrected chi connectivity index (χ4v) is 4.79. The molecule has 0 spiro atoms. The van der Waals surface area contributed by atoms with Crippen molar-refractivity contribution in [3.8, 4) is 23.1 Å². The van der Waals surface area contributed by atoms with Gasteiger partial charge in [-0.25, -0.2) is 4.98 Å². The monoisotopic (exact) mass is 469 g/mol. The number of hydrogen-bond donors (Lipinski definition) is 2. The molecule has 1 unspecified atom stereocenters. The van der Waals surface area contributed by atoms with Crippen LogP contribution in [0.3, 0.4) is 0 Å². The Hall–Kier alpha value is -3.76. The van der Waals surface area contributed by atoms with Crippen molar-refractivity contribution in [2.75, 3.05) is 5.32 Å². The number of benzene rings is 2. The molecule has 4 aromatic rings. The summed E-state index contributed by atoms with van der Waals surface area (Å²) in [5.74, 6) is 1.26. The number of nitrogens with zero attached hydrogens (tertiary/aromatic N) is 3. The number of hydrogen-bond acceptors (Lipinski definition) is 6. The zero-order valence-corrected chi connectivity index (χ0v) is 20.4. The summed E-state index contributed by atoms with van der Waals surface area (Å²) in [6.07, 6.45) is 6.73. The lowest BCUT2D eigenvalue weighted by Crippen LogP contribution is -2.37. The number of oxazole rings is 1. The molecule has 180 valence electrons. The van der Waals surface area contributed by atoms with Crippen LogP contribution in [0.2, 0.25) is 0 Å². The lowest BCUT2D eigenvalue weighted by Gasteiger charge is -2.30. The van der Waals surface area contributed by atoms with Gasteiger partial charge in [-0.3, -0.25) is 5.32 Å². The Bertz CT molecular complexity index is 1330. The fraction of sp³-hybridized carbons (Fsp3) is 0.357. The fourth-order valence-electron chi connectivity index (χ4n) is 4.79. The van der Waals surface area contributed by atoms with Crippen molar-refractivity contribution >= 4 is 16.6 Å². The smallest absolute Gasteiger partial charge is 0.232 e. The van der Waals surface area contributed by atoms with Crippen LogP contribution in [0.25, 0.3) is 22.2 Å². The number of rotatable bonds is 9. The van der Waals surface area contributed by atoms with Crippen molar-refractivity contribution in [2.24, 2.45) is 0 Å². The number of nitrogens with one attached hydrogen (secondary N) is 2. The molecule has 0 aliphatic heterocycles. The molecule has 0 saturated heterocycles. The first-order valence-corrected chi connectivity index (χ1v) is 12.3. The van der Waals surface area contributed by atoms with Gasteiger partial charge < -0.3 is 19.0 Å². The van der Waals surface area contributed by atoms with Crippen molar-refractivity contribution in [3.05, 3.63) is 66.4 Å². The van der Waals surface area contributed by atoms with E-state index in [0.717, 1.165) is 46.4 Å². The molecule has 35 heavy (non-hydrogen) atoms. The molecule has 7 heteroatoms. The summed E-state index contributed by atoms with van der Waals surface area (Å²) in [5.41, 5.74) is 4.81. The van der Waals surface area contributed by atoms with Gasteiger partial charge in [0.05, 0.1) is 29.1 Å². The highest BCUT2D eigenvalue weighted by atomic mass is 16.5. The summed E-state index contributed by atoms with van der Waals surface area (Å²) >= 11 is 0. The molecule has 1 fully saturated rings. The maximum Gasteiger partial charge on any atom is 0.232 e. The van der Waals surface area contributed by atoms with Gasteiger partial charge >= 0.3 is 0 Å². The van der Waals surface area contributed by atoms with Crippen molar-refractivity contribution in [1.82, 2.24) is 14.9 Å². The number of ether oxygens (including phenoxy) is 1. The van der Waals surface area contributed by atoms with Crippen LogP contribution >= 0.6 is 0 Å². The van der Waals surface area contributed by atoms with Crippen LogP contribution in [0.15, 0.2) is 59.3 Å². The van der Waals surface area contributed by atoms with Crippen LogP contribution < -0.4 is 15.4 Å². The molecule has 2 aromatic carbocycles. The van der Waals surface area contributed by atoms with Crippen LogP contribution in [-0.2, 0) is 6.61 Å². The van der Waals surface area contributed by atoms with Crippen LogP contribution in [0.5, 0.6) is 5.75 Å². The summed E-state index contributed by atoms with van der Waals surface area (Å²) in [5, 5.41) is 18.1. The Balaban J connectivity index is 1.51. The lowest BCUT2D eigenvalue weighted by atomic mass is 9.92. The Morgan fingerprint density at radius 1 is 1.17 bits per heavy atom. The summed E-state index contributed by atoms with van der Waals surface area (Å²) in [4.78, 5) is 4.12. The first kappa shape index (κ1) is 23.0. The van der Waals surface area contributed by atoms with E-state index in [1.54, 1.807) is 6.20 Å². The quantitative estimate of drug-likeness (QED) is 0.283. The maximum absolute atomic E-state index is 10.2. The van der Waals surface area contributed by atoms with Gasteiger partial charge in [0.15, 0.2) is 6.61 Å². The predicted molar refractivity (Wildman–Crippen MR) is 137 cm³/mol. The lowest BCUT2D eigenvalue weighted by molar-refractivity contribution is 0.263. The average molecular weight is 470 g/mol. The molecule has 2 heterocycles. The summed E-state index contributed by atoms with van der Waals surface area (Å²) in [6, 6.07) is 17.6. The highest BCUT2D eigenvalue weighted by Gasteiger charge is 2.28. The van der Waals surface area contributed by atoms with Crippen LogP contribution in [0.1, 0.15) is 57.5 Å². The van der Waals surface area contributed by atoms with E-state index >= 15 is 0 Å². The molecule has 7 nitrogen and oxygen atoms in total. The third kappa shape index (κ3) is 4.75. The molecule has 1 aliphatic rings. The molecule has 1 atom stereocenters. The molecule has 0 bridgehead atoms. The van der Waals surface area contributed by atoms with E-state index in [1.165, 1.54) is 12.7 Å². The van der Waals surface area contributed by atoms with Crippen LogP contribution in [-0.4, -0.2) is 21.8 Å².